The van der Waals surface area contributed by atoms with Gasteiger partial charge in [0.25, 0.3) is 11.8 Å². The number of fused-ring (bicyclic) bond motifs is 1. The number of anilines is 1. The number of nitrogens with one attached hydrogen (secondary N) is 3. The van der Waals surface area contributed by atoms with Gasteiger partial charge in [0, 0.05) is 47.7 Å². The fraction of sp³-hybridized carbons (Fsp3) is 0.276. The molecule has 11 heteroatoms. The van der Waals surface area contributed by atoms with Crippen LogP contribution in [-0.2, 0) is 20.9 Å². The van der Waals surface area contributed by atoms with E-state index in [9.17, 15) is 14.4 Å². The van der Waals surface area contributed by atoms with Gasteiger partial charge in [-0.2, -0.15) is 5.10 Å². The Morgan fingerprint density at radius 3 is 2.73 bits per heavy atom. The maximum Gasteiger partial charge on any atom is 0.275 e. The number of hydrogen-bond acceptors (Lipinski definition) is 7. The molecule has 2 heterocycles. The van der Waals surface area contributed by atoms with Crippen molar-refractivity contribution in [3.63, 3.8) is 0 Å². The number of hydrogen-bond donors (Lipinski definition) is 3. The van der Waals surface area contributed by atoms with Crippen molar-refractivity contribution in [3.8, 4) is 0 Å². The molecule has 0 aliphatic heterocycles. The van der Waals surface area contributed by atoms with Crippen LogP contribution >= 0.6 is 11.3 Å². The number of rotatable bonds is 10. The Morgan fingerprint density at radius 2 is 1.95 bits per heavy atom. The first-order valence-electron chi connectivity index (χ1n) is 13.1. The lowest BCUT2D eigenvalue weighted by molar-refractivity contribution is -0.122. The molecule has 10 nitrogen and oxygen atoms in total. The van der Waals surface area contributed by atoms with Gasteiger partial charge in [-0.25, -0.2) is 4.98 Å². The monoisotopic (exact) mass is 558 g/mol. The van der Waals surface area contributed by atoms with Crippen molar-refractivity contribution in [2.45, 2.75) is 32.2 Å². The van der Waals surface area contributed by atoms with Crippen LogP contribution in [0.5, 0.6) is 0 Å². The SMILES string of the molecule is COC1=CC=C(c2nc(C(=O)Nc3ccc4nn(CC(=O)NCCNC(=O)C5=CCCC=C5)cc4c3)cs2)CC1. The second-order valence-electron chi connectivity index (χ2n) is 9.37. The van der Waals surface area contributed by atoms with Gasteiger partial charge in [0.15, 0.2) is 0 Å². The number of methoxy groups -OCH3 is 1. The first-order chi connectivity index (χ1) is 19.5. The summed E-state index contributed by atoms with van der Waals surface area (Å²) in [5, 5.41) is 16.3. The minimum absolute atomic E-state index is 0.0384. The topological polar surface area (TPSA) is 127 Å². The molecule has 3 N–H and O–H groups in total. The molecule has 0 radical (unpaired) electrons. The van der Waals surface area contributed by atoms with Crippen molar-refractivity contribution in [2.75, 3.05) is 25.5 Å². The van der Waals surface area contributed by atoms with E-state index in [0.717, 1.165) is 47.4 Å². The molecule has 2 aromatic heterocycles. The van der Waals surface area contributed by atoms with E-state index in [1.165, 1.54) is 11.3 Å². The van der Waals surface area contributed by atoms with E-state index in [-0.39, 0.29) is 24.3 Å². The van der Waals surface area contributed by atoms with Crippen LogP contribution in [0.1, 0.15) is 41.2 Å². The Morgan fingerprint density at radius 1 is 1.07 bits per heavy atom. The van der Waals surface area contributed by atoms with Crippen molar-refractivity contribution in [1.29, 1.82) is 0 Å². The fourth-order valence-corrected chi connectivity index (χ4v) is 5.24. The third-order valence-electron chi connectivity index (χ3n) is 6.49. The third-order valence-corrected chi connectivity index (χ3v) is 7.41. The van der Waals surface area contributed by atoms with Gasteiger partial charge in [-0.3, -0.25) is 19.1 Å². The maximum absolute atomic E-state index is 12.8. The fourth-order valence-electron chi connectivity index (χ4n) is 4.39. The highest BCUT2D eigenvalue weighted by atomic mass is 32.1. The van der Waals surface area contributed by atoms with Crippen molar-refractivity contribution >= 4 is 51.2 Å². The number of aromatic nitrogens is 3. The summed E-state index contributed by atoms with van der Waals surface area (Å²) in [6, 6.07) is 5.38. The van der Waals surface area contributed by atoms with Crippen LogP contribution in [0.15, 0.2) is 71.5 Å². The van der Waals surface area contributed by atoms with E-state index in [2.05, 4.69) is 26.0 Å². The van der Waals surface area contributed by atoms with Crippen LogP contribution in [0.2, 0.25) is 0 Å². The largest absolute Gasteiger partial charge is 0.501 e. The summed E-state index contributed by atoms with van der Waals surface area (Å²) in [4.78, 5) is 41.8. The van der Waals surface area contributed by atoms with Gasteiger partial charge in [0.1, 0.15) is 17.2 Å². The molecular formula is C29H30N6O4S. The summed E-state index contributed by atoms with van der Waals surface area (Å²) in [6.45, 7) is 0.694. The molecule has 2 aliphatic rings. The van der Waals surface area contributed by atoms with Gasteiger partial charge in [0.2, 0.25) is 5.91 Å². The number of allylic oxidation sites excluding steroid dienone is 6. The zero-order valence-electron chi connectivity index (χ0n) is 22.1. The molecule has 0 atom stereocenters. The number of nitrogens with zero attached hydrogens (tertiary/aromatic N) is 3. The zero-order chi connectivity index (χ0) is 27.9. The van der Waals surface area contributed by atoms with Crippen LogP contribution in [0.4, 0.5) is 5.69 Å². The van der Waals surface area contributed by atoms with Crippen LogP contribution in [0.25, 0.3) is 16.5 Å². The maximum atomic E-state index is 12.8. The lowest BCUT2D eigenvalue weighted by atomic mass is 10.0. The Hall–Kier alpha value is -4.51. The average molecular weight is 559 g/mol. The van der Waals surface area contributed by atoms with Gasteiger partial charge < -0.3 is 20.7 Å². The highest BCUT2D eigenvalue weighted by Gasteiger charge is 2.16. The lowest BCUT2D eigenvalue weighted by Crippen LogP contribution is -2.36. The highest BCUT2D eigenvalue weighted by Crippen LogP contribution is 2.29. The third kappa shape index (κ3) is 6.73. The van der Waals surface area contributed by atoms with E-state index < -0.39 is 0 Å². The quantitative estimate of drug-likeness (QED) is 0.323. The van der Waals surface area contributed by atoms with Crippen molar-refractivity contribution in [2.24, 2.45) is 0 Å². The Labute approximate surface area is 235 Å². The predicted molar refractivity (Wildman–Crippen MR) is 155 cm³/mol. The second-order valence-corrected chi connectivity index (χ2v) is 10.2. The molecule has 0 bridgehead atoms. The molecule has 0 fully saturated rings. The van der Waals surface area contributed by atoms with Crippen LogP contribution in [0.3, 0.4) is 0 Å². The molecule has 1 aromatic carbocycles. The van der Waals surface area contributed by atoms with E-state index in [0.29, 0.717) is 35.6 Å². The van der Waals surface area contributed by atoms with Gasteiger partial charge in [-0.1, -0.05) is 24.3 Å². The van der Waals surface area contributed by atoms with E-state index in [1.807, 2.05) is 36.4 Å². The average Bonchev–Trinajstić information content (AvgIpc) is 3.63. The lowest BCUT2D eigenvalue weighted by Gasteiger charge is -2.11. The molecule has 40 heavy (non-hydrogen) atoms. The van der Waals surface area contributed by atoms with Crippen molar-refractivity contribution < 1.29 is 19.1 Å². The van der Waals surface area contributed by atoms with E-state index >= 15 is 0 Å². The van der Waals surface area contributed by atoms with Crippen LogP contribution < -0.4 is 16.0 Å². The molecule has 3 aromatic rings. The number of carbonyl (C=O) groups is 3. The predicted octanol–water partition coefficient (Wildman–Crippen LogP) is 3.96. The minimum atomic E-state index is -0.291. The standard InChI is InChI=1S/C29H30N6O4S/c1-39-23-10-7-20(8-11-23)29-33-25(18-40-29)28(38)32-22-9-12-24-21(15-22)16-35(34-24)17-26(36)30-13-14-31-27(37)19-5-3-2-4-6-19/h3,5-7,9-10,12,15-16,18H,2,4,8,11,13-14,17H2,1H3,(H,30,36)(H,31,37)(H,32,38). The Kier molecular flexibility index (Phi) is 8.50. The van der Waals surface area contributed by atoms with E-state index in [4.69, 9.17) is 4.74 Å². The first-order valence-corrected chi connectivity index (χ1v) is 14.0. The van der Waals surface area contributed by atoms with E-state index in [1.54, 1.807) is 35.5 Å². The normalized spacial score (nSPS) is 14.7. The van der Waals surface area contributed by atoms with Crippen molar-refractivity contribution in [1.82, 2.24) is 25.4 Å². The molecule has 0 unspecified atom stereocenters. The summed E-state index contributed by atoms with van der Waals surface area (Å²) in [6.07, 6.45) is 14.8. The van der Waals surface area contributed by atoms with Crippen molar-refractivity contribution in [3.05, 3.63) is 82.2 Å². The highest BCUT2D eigenvalue weighted by molar-refractivity contribution is 7.11. The molecule has 0 saturated heterocycles. The number of benzene rings is 1. The first kappa shape index (κ1) is 27.1. The number of ether oxygens (including phenoxy) is 1. The zero-order valence-corrected chi connectivity index (χ0v) is 22.9. The smallest absolute Gasteiger partial charge is 0.275 e. The molecular weight excluding hydrogens is 528 g/mol. The summed E-state index contributed by atoms with van der Waals surface area (Å²) in [5.41, 5.74) is 3.42. The molecule has 0 saturated carbocycles. The summed E-state index contributed by atoms with van der Waals surface area (Å²) >= 11 is 1.44. The van der Waals surface area contributed by atoms with Gasteiger partial charge >= 0.3 is 0 Å². The van der Waals surface area contributed by atoms with Gasteiger partial charge in [-0.15, -0.1) is 11.3 Å². The minimum Gasteiger partial charge on any atom is -0.501 e. The number of amides is 3. The Bertz CT molecular complexity index is 1560. The number of thiazole rings is 1. The van der Waals surface area contributed by atoms with Crippen LogP contribution in [-0.4, -0.2) is 52.7 Å². The summed E-state index contributed by atoms with van der Waals surface area (Å²) in [5.74, 6) is 0.292. The molecule has 2 aliphatic carbocycles. The molecule has 206 valence electrons. The molecule has 3 amide bonds. The summed E-state index contributed by atoms with van der Waals surface area (Å²) < 4.78 is 6.83. The van der Waals surface area contributed by atoms with Gasteiger partial charge in [-0.05, 0) is 49.1 Å². The summed E-state index contributed by atoms with van der Waals surface area (Å²) in [7, 11) is 1.66. The number of carbonyl (C=O) groups excluding carboxylic acids is 3. The second kappa shape index (κ2) is 12.6. The van der Waals surface area contributed by atoms with Crippen LogP contribution in [0, 0.1) is 0 Å². The molecule has 5 rings (SSSR count). The molecule has 0 spiro atoms. The van der Waals surface area contributed by atoms with Gasteiger partial charge in [0.05, 0.1) is 18.4 Å². The Balaban J connectivity index is 1.12.